The minimum atomic E-state index is -1.24. The van der Waals surface area contributed by atoms with Crippen molar-refractivity contribution in [2.75, 3.05) is 6.61 Å². The van der Waals surface area contributed by atoms with E-state index < -0.39 is 53.7 Å². The van der Waals surface area contributed by atoms with Crippen molar-refractivity contribution in [2.45, 2.75) is 62.4 Å². The van der Waals surface area contributed by atoms with Crippen molar-refractivity contribution in [2.24, 2.45) is 0 Å². The molecule has 0 saturated carbocycles. The molecule has 200 valence electrons. The fourth-order valence-electron chi connectivity index (χ4n) is 4.25. The molecule has 2 aromatic heterocycles. The second-order valence-corrected chi connectivity index (χ2v) is 9.68. The van der Waals surface area contributed by atoms with Crippen LogP contribution in [0.2, 0.25) is 0 Å². The van der Waals surface area contributed by atoms with E-state index in [1.807, 2.05) is 18.2 Å². The van der Waals surface area contributed by atoms with E-state index in [0.717, 1.165) is 15.7 Å². The monoisotopic (exact) mass is 542 g/mol. The number of nitrogens with zero attached hydrogens (tertiary/aromatic N) is 2. The van der Waals surface area contributed by atoms with Crippen LogP contribution in [0.25, 0.3) is 21.8 Å². The third kappa shape index (κ3) is 6.20. The number of carbonyl (C=O) groups excluding carboxylic acids is 4. The molecule has 1 aliphatic heterocycles. The van der Waals surface area contributed by atoms with E-state index in [4.69, 9.17) is 23.7 Å². The first-order chi connectivity index (χ1) is 18.1. The predicted molar refractivity (Wildman–Crippen MR) is 135 cm³/mol. The molecule has 0 aliphatic carbocycles. The summed E-state index contributed by atoms with van der Waals surface area (Å²) in [5.74, 6) is -2.61. The first-order valence-corrected chi connectivity index (χ1v) is 12.6. The van der Waals surface area contributed by atoms with Crippen LogP contribution in [0.4, 0.5) is 0 Å². The second-order valence-electron chi connectivity index (χ2n) is 8.53. The standard InChI is InChI=1S/C26H26N2O9S/c1-13(29)33-12-19-23(34-14(2)30)24(35-15(3)31)25(36-16(4)32)26(37-19)38-20-11-17-7-5-9-27-21(17)22-18(20)8-6-10-28-22/h5-11,19,23-26H,12H2,1-4H3/t19?,23-,24?,25?,26+/m1/s1. The number of hydrogen-bond donors (Lipinski definition) is 0. The van der Waals surface area contributed by atoms with Crippen LogP contribution < -0.4 is 0 Å². The molecule has 38 heavy (non-hydrogen) atoms. The Balaban J connectivity index is 1.80. The zero-order chi connectivity index (χ0) is 27.4. The fourth-order valence-corrected chi connectivity index (χ4v) is 5.53. The number of hydrogen-bond acceptors (Lipinski definition) is 12. The Kier molecular flexibility index (Phi) is 8.42. The van der Waals surface area contributed by atoms with Crippen molar-refractivity contribution in [3.63, 3.8) is 0 Å². The molecule has 12 heteroatoms. The SMILES string of the molecule is CC(=O)OCC1O[C@@H](Sc2cc3cccnc3c3ncccc23)C(OC(C)=O)C(OC(C)=O)[C@@H]1OC(C)=O. The number of pyridine rings is 2. The Hall–Kier alpha value is -3.77. The lowest BCUT2D eigenvalue weighted by Crippen LogP contribution is -2.61. The van der Waals surface area contributed by atoms with E-state index in [1.165, 1.54) is 39.5 Å². The summed E-state index contributed by atoms with van der Waals surface area (Å²) < 4.78 is 28.0. The molecule has 0 amide bonds. The topological polar surface area (TPSA) is 140 Å². The number of fused-ring (bicyclic) bond motifs is 3. The maximum Gasteiger partial charge on any atom is 0.303 e. The third-order valence-electron chi connectivity index (χ3n) is 5.61. The number of carbonyl (C=O) groups is 4. The summed E-state index contributed by atoms with van der Waals surface area (Å²) in [6.07, 6.45) is -1.30. The van der Waals surface area contributed by atoms with Gasteiger partial charge < -0.3 is 23.7 Å². The van der Waals surface area contributed by atoms with Gasteiger partial charge in [0.15, 0.2) is 18.3 Å². The largest absolute Gasteiger partial charge is 0.463 e. The highest BCUT2D eigenvalue weighted by Gasteiger charge is 2.52. The van der Waals surface area contributed by atoms with E-state index in [1.54, 1.807) is 24.5 Å². The fraction of sp³-hybridized carbons (Fsp3) is 0.385. The van der Waals surface area contributed by atoms with Crippen LogP contribution in [0.1, 0.15) is 27.7 Å². The van der Waals surface area contributed by atoms with Crippen LogP contribution in [0.15, 0.2) is 47.6 Å². The Morgan fingerprint density at radius 2 is 1.42 bits per heavy atom. The summed E-state index contributed by atoms with van der Waals surface area (Å²) in [5.41, 5.74) is 0.431. The molecule has 1 aromatic carbocycles. The number of ether oxygens (including phenoxy) is 5. The van der Waals surface area contributed by atoms with Gasteiger partial charge in [-0.25, -0.2) is 0 Å². The van der Waals surface area contributed by atoms with Crippen molar-refractivity contribution < 1.29 is 42.9 Å². The number of thioether (sulfide) groups is 1. The molecule has 1 saturated heterocycles. The summed E-state index contributed by atoms with van der Waals surface area (Å²) in [5, 5.41) is 1.60. The molecule has 0 bridgehead atoms. The lowest BCUT2D eigenvalue weighted by molar-refractivity contribution is -0.237. The van der Waals surface area contributed by atoms with Crippen molar-refractivity contribution in [3.8, 4) is 0 Å². The van der Waals surface area contributed by atoms with Gasteiger partial charge in [-0.1, -0.05) is 23.9 Å². The van der Waals surface area contributed by atoms with Gasteiger partial charge in [0.2, 0.25) is 0 Å². The van der Waals surface area contributed by atoms with Crippen molar-refractivity contribution in [3.05, 3.63) is 42.7 Å². The second kappa shape index (κ2) is 11.7. The molecule has 11 nitrogen and oxygen atoms in total. The van der Waals surface area contributed by atoms with E-state index in [9.17, 15) is 19.2 Å². The molecule has 1 aliphatic rings. The van der Waals surface area contributed by atoms with Crippen molar-refractivity contribution in [1.82, 2.24) is 9.97 Å². The average Bonchev–Trinajstić information content (AvgIpc) is 2.85. The molecule has 0 radical (unpaired) electrons. The maximum atomic E-state index is 12.1. The zero-order valence-corrected chi connectivity index (χ0v) is 21.9. The zero-order valence-electron chi connectivity index (χ0n) is 21.1. The molecule has 3 aromatic rings. The molecule has 0 spiro atoms. The average molecular weight is 543 g/mol. The third-order valence-corrected chi connectivity index (χ3v) is 6.82. The number of rotatable bonds is 7. The van der Waals surface area contributed by atoms with E-state index in [-0.39, 0.29) is 6.61 Å². The van der Waals surface area contributed by atoms with Crippen LogP contribution in [0.3, 0.4) is 0 Å². The molecular formula is C26H26N2O9S. The van der Waals surface area contributed by atoms with Crippen molar-refractivity contribution >= 4 is 57.4 Å². The Morgan fingerprint density at radius 1 is 0.816 bits per heavy atom. The summed E-state index contributed by atoms with van der Waals surface area (Å²) in [6.45, 7) is 4.50. The Morgan fingerprint density at radius 3 is 2.08 bits per heavy atom. The first kappa shape index (κ1) is 27.3. The molecule has 0 N–H and O–H groups in total. The highest BCUT2D eigenvalue weighted by atomic mass is 32.2. The normalized spacial score (nSPS) is 23.0. The molecule has 3 heterocycles. The predicted octanol–water partition coefficient (Wildman–Crippen LogP) is 2.96. The maximum absolute atomic E-state index is 12.1. The minimum Gasteiger partial charge on any atom is -0.463 e. The number of esters is 4. The Bertz CT molecular complexity index is 1380. The summed E-state index contributed by atoms with van der Waals surface area (Å²) in [7, 11) is 0. The van der Waals surface area contributed by atoms with Crippen LogP contribution >= 0.6 is 11.8 Å². The molecule has 3 unspecified atom stereocenters. The van der Waals surface area contributed by atoms with Gasteiger partial charge in [-0.3, -0.25) is 29.1 Å². The van der Waals surface area contributed by atoms with Gasteiger partial charge in [-0.15, -0.1) is 0 Å². The highest BCUT2D eigenvalue weighted by molar-refractivity contribution is 8.00. The van der Waals surface area contributed by atoms with Gasteiger partial charge in [-0.2, -0.15) is 0 Å². The van der Waals surface area contributed by atoms with Gasteiger partial charge in [-0.05, 0) is 18.2 Å². The van der Waals surface area contributed by atoms with Gasteiger partial charge in [0.05, 0.1) is 11.0 Å². The lowest BCUT2D eigenvalue weighted by Gasteiger charge is -2.44. The van der Waals surface area contributed by atoms with Gasteiger partial charge in [0.25, 0.3) is 0 Å². The van der Waals surface area contributed by atoms with Crippen molar-refractivity contribution in [1.29, 1.82) is 0 Å². The van der Waals surface area contributed by atoms with Crippen LogP contribution in [0, 0.1) is 0 Å². The molecule has 4 rings (SSSR count). The van der Waals surface area contributed by atoms with Gasteiger partial charge >= 0.3 is 23.9 Å². The number of aromatic nitrogens is 2. The summed E-state index contributed by atoms with van der Waals surface area (Å²) >= 11 is 1.21. The Labute approximate surface area is 222 Å². The van der Waals surface area contributed by atoms with E-state index in [2.05, 4.69) is 9.97 Å². The number of benzene rings is 1. The molecule has 1 fully saturated rings. The van der Waals surface area contributed by atoms with E-state index >= 15 is 0 Å². The van der Waals surface area contributed by atoms with Gasteiger partial charge in [0, 0.05) is 55.8 Å². The summed E-state index contributed by atoms with van der Waals surface area (Å²) in [6, 6.07) is 9.28. The first-order valence-electron chi connectivity index (χ1n) is 11.7. The highest BCUT2D eigenvalue weighted by Crippen LogP contribution is 2.41. The van der Waals surface area contributed by atoms with Crippen LogP contribution in [-0.4, -0.2) is 70.3 Å². The molecule has 5 atom stereocenters. The molecular weight excluding hydrogens is 516 g/mol. The quantitative estimate of drug-likeness (QED) is 0.246. The smallest absolute Gasteiger partial charge is 0.303 e. The minimum absolute atomic E-state index is 0.293. The van der Waals surface area contributed by atoms with Crippen LogP contribution in [0.5, 0.6) is 0 Å². The van der Waals surface area contributed by atoms with Gasteiger partial charge in [0.1, 0.15) is 18.1 Å². The van der Waals surface area contributed by atoms with Crippen LogP contribution in [-0.2, 0) is 42.9 Å². The lowest BCUT2D eigenvalue weighted by atomic mass is 9.99. The van der Waals surface area contributed by atoms with E-state index in [0.29, 0.717) is 11.0 Å². The summed E-state index contributed by atoms with van der Waals surface area (Å²) in [4.78, 5) is 57.4.